The summed E-state index contributed by atoms with van der Waals surface area (Å²) in [6, 6.07) is 5.43. The van der Waals surface area contributed by atoms with Crippen molar-refractivity contribution in [3.63, 3.8) is 0 Å². The number of carbonyl (C=O) groups is 2. The summed E-state index contributed by atoms with van der Waals surface area (Å²) < 4.78 is 6.02. The Bertz CT molecular complexity index is 577. The highest BCUT2D eigenvalue weighted by Gasteiger charge is 2.27. The number of rotatable bonds is 7. The zero-order chi connectivity index (χ0) is 16.8. The maximum atomic E-state index is 12.3. The molecule has 0 saturated heterocycles. The van der Waals surface area contributed by atoms with Gasteiger partial charge in [-0.15, -0.1) is 0 Å². The first-order chi connectivity index (χ1) is 11.0. The highest BCUT2D eigenvalue weighted by molar-refractivity contribution is 9.10. The van der Waals surface area contributed by atoms with Gasteiger partial charge in [-0.2, -0.15) is 0 Å². The topological polar surface area (TPSA) is 81.4 Å². The Balaban J connectivity index is 1.89. The third kappa shape index (κ3) is 4.78. The Morgan fingerprint density at radius 3 is 2.83 bits per heavy atom. The van der Waals surface area contributed by atoms with E-state index >= 15 is 0 Å². The SMILES string of the molecule is COc1ccc(Br)cc1C(=O)CCC(=O)NC1CCCC1CN. The van der Waals surface area contributed by atoms with Crippen LogP contribution < -0.4 is 15.8 Å². The molecule has 1 amide bonds. The fourth-order valence-corrected chi connectivity index (χ4v) is 3.41. The summed E-state index contributed by atoms with van der Waals surface area (Å²) in [5.74, 6) is 0.704. The molecule has 2 rings (SSSR count). The Morgan fingerprint density at radius 1 is 1.35 bits per heavy atom. The van der Waals surface area contributed by atoms with Crippen molar-refractivity contribution in [2.24, 2.45) is 11.7 Å². The van der Waals surface area contributed by atoms with Crippen molar-refractivity contribution >= 4 is 27.6 Å². The van der Waals surface area contributed by atoms with Gasteiger partial charge in [0.1, 0.15) is 5.75 Å². The van der Waals surface area contributed by atoms with Gasteiger partial charge in [0.25, 0.3) is 0 Å². The van der Waals surface area contributed by atoms with Crippen LogP contribution in [0.4, 0.5) is 0 Å². The summed E-state index contributed by atoms with van der Waals surface area (Å²) in [5.41, 5.74) is 6.22. The molecule has 0 heterocycles. The highest BCUT2D eigenvalue weighted by Crippen LogP contribution is 2.26. The third-order valence-corrected chi connectivity index (χ3v) is 4.84. The average Bonchev–Trinajstić information content (AvgIpc) is 2.99. The zero-order valence-corrected chi connectivity index (χ0v) is 14.9. The van der Waals surface area contributed by atoms with E-state index in [2.05, 4.69) is 21.2 Å². The van der Waals surface area contributed by atoms with E-state index in [1.54, 1.807) is 12.1 Å². The number of Topliss-reactive ketones (excluding diaryl/α,β-unsaturated/α-hetero) is 1. The van der Waals surface area contributed by atoms with Crippen LogP contribution in [-0.4, -0.2) is 31.4 Å². The molecule has 1 aromatic rings. The molecule has 23 heavy (non-hydrogen) atoms. The van der Waals surface area contributed by atoms with Gasteiger partial charge >= 0.3 is 0 Å². The Labute approximate surface area is 145 Å². The maximum Gasteiger partial charge on any atom is 0.220 e. The van der Waals surface area contributed by atoms with Gasteiger partial charge in [0.2, 0.25) is 5.91 Å². The number of hydrogen-bond acceptors (Lipinski definition) is 4. The fraction of sp³-hybridized carbons (Fsp3) is 0.529. The molecule has 2 unspecified atom stereocenters. The molecular formula is C17H23BrN2O3. The number of halogens is 1. The maximum absolute atomic E-state index is 12.3. The number of nitrogens with one attached hydrogen (secondary N) is 1. The lowest BCUT2D eigenvalue weighted by Crippen LogP contribution is -2.39. The predicted molar refractivity (Wildman–Crippen MR) is 92.6 cm³/mol. The number of nitrogens with two attached hydrogens (primary N) is 1. The quantitative estimate of drug-likeness (QED) is 0.710. The molecule has 126 valence electrons. The molecule has 0 radical (unpaired) electrons. The number of methoxy groups -OCH3 is 1. The second-order valence-electron chi connectivity index (χ2n) is 5.87. The molecule has 1 aromatic carbocycles. The van der Waals surface area contributed by atoms with Crippen LogP contribution in [0.3, 0.4) is 0 Å². The van der Waals surface area contributed by atoms with E-state index in [1.165, 1.54) is 7.11 Å². The van der Waals surface area contributed by atoms with E-state index in [0.717, 1.165) is 23.7 Å². The van der Waals surface area contributed by atoms with Gasteiger partial charge in [-0.25, -0.2) is 0 Å². The molecule has 1 saturated carbocycles. The van der Waals surface area contributed by atoms with Crippen LogP contribution in [0.15, 0.2) is 22.7 Å². The van der Waals surface area contributed by atoms with Crippen LogP contribution in [0, 0.1) is 5.92 Å². The van der Waals surface area contributed by atoms with Crippen molar-refractivity contribution in [1.29, 1.82) is 0 Å². The van der Waals surface area contributed by atoms with E-state index in [1.807, 2.05) is 6.07 Å². The standard InChI is InChI=1S/C17H23BrN2O3/c1-23-16-7-5-12(18)9-13(16)15(21)6-8-17(22)20-14-4-2-3-11(14)10-19/h5,7,9,11,14H,2-4,6,8,10,19H2,1H3,(H,20,22). The van der Waals surface area contributed by atoms with Crippen molar-refractivity contribution in [3.8, 4) is 5.75 Å². The van der Waals surface area contributed by atoms with Crippen LogP contribution in [0.5, 0.6) is 5.75 Å². The number of benzene rings is 1. The van der Waals surface area contributed by atoms with Crippen molar-refractivity contribution < 1.29 is 14.3 Å². The van der Waals surface area contributed by atoms with Gasteiger partial charge in [0.15, 0.2) is 5.78 Å². The number of hydrogen-bond donors (Lipinski definition) is 2. The third-order valence-electron chi connectivity index (χ3n) is 4.35. The van der Waals surface area contributed by atoms with Crippen LogP contribution >= 0.6 is 15.9 Å². The minimum atomic E-state index is -0.0971. The molecule has 1 aliphatic carbocycles. The highest BCUT2D eigenvalue weighted by atomic mass is 79.9. The molecule has 1 aliphatic rings. The summed E-state index contributed by atoms with van der Waals surface area (Å²) in [5, 5.41) is 3.02. The lowest BCUT2D eigenvalue weighted by Gasteiger charge is -2.19. The first-order valence-corrected chi connectivity index (χ1v) is 8.70. The second-order valence-corrected chi connectivity index (χ2v) is 6.78. The summed E-state index contributed by atoms with van der Waals surface area (Å²) in [6.45, 7) is 0.596. The molecule has 0 aromatic heterocycles. The van der Waals surface area contributed by atoms with E-state index < -0.39 is 0 Å². The Hall–Kier alpha value is -1.40. The number of amides is 1. The lowest BCUT2D eigenvalue weighted by atomic mass is 10.0. The Morgan fingerprint density at radius 2 is 2.13 bits per heavy atom. The van der Waals surface area contributed by atoms with Gasteiger partial charge in [-0.3, -0.25) is 9.59 Å². The van der Waals surface area contributed by atoms with Crippen LogP contribution in [0.1, 0.15) is 42.5 Å². The summed E-state index contributed by atoms with van der Waals surface area (Å²) in [4.78, 5) is 24.4. The fourth-order valence-electron chi connectivity index (χ4n) is 3.05. The normalized spacial score (nSPS) is 20.3. The van der Waals surface area contributed by atoms with Crippen molar-refractivity contribution in [1.82, 2.24) is 5.32 Å². The number of ketones is 1. The molecule has 3 N–H and O–H groups in total. The zero-order valence-electron chi connectivity index (χ0n) is 13.3. The van der Waals surface area contributed by atoms with Crippen LogP contribution in [0.2, 0.25) is 0 Å². The van der Waals surface area contributed by atoms with Gasteiger partial charge in [0.05, 0.1) is 12.7 Å². The van der Waals surface area contributed by atoms with Crippen LogP contribution in [0.25, 0.3) is 0 Å². The molecule has 0 bridgehead atoms. The molecule has 5 nitrogen and oxygen atoms in total. The van der Waals surface area contributed by atoms with Crippen molar-refractivity contribution in [2.75, 3.05) is 13.7 Å². The summed E-state index contributed by atoms with van der Waals surface area (Å²) in [6.07, 6.45) is 3.48. The molecule has 6 heteroatoms. The summed E-state index contributed by atoms with van der Waals surface area (Å²) >= 11 is 3.35. The lowest BCUT2D eigenvalue weighted by molar-refractivity contribution is -0.122. The van der Waals surface area contributed by atoms with Gasteiger partial charge < -0.3 is 15.8 Å². The van der Waals surface area contributed by atoms with E-state index in [0.29, 0.717) is 23.8 Å². The molecule has 0 spiro atoms. The largest absolute Gasteiger partial charge is 0.496 e. The second kappa shape index (κ2) is 8.45. The van der Waals surface area contributed by atoms with E-state index in [4.69, 9.17) is 10.5 Å². The minimum Gasteiger partial charge on any atom is -0.496 e. The van der Waals surface area contributed by atoms with E-state index in [-0.39, 0.29) is 30.6 Å². The monoisotopic (exact) mass is 382 g/mol. The molecule has 0 aliphatic heterocycles. The smallest absolute Gasteiger partial charge is 0.220 e. The first-order valence-electron chi connectivity index (χ1n) is 7.91. The number of ether oxygens (including phenoxy) is 1. The summed E-state index contributed by atoms with van der Waals surface area (Å²) in [7, 11) is 1.53. The van der Waals surface area contributed by atoms with E-state index in [9.17, 15) is 9.59 Å². The molecule has 2 atom stereocenters. The predicted octanol–water partition coefficient (Wildman–Crippen LogP) is 2.66. The first kappa shape index (κ1) is 17.9. The van der Waals surface area contributed by atoms with Gasteiger partial charge in [0, 0.05) is 23.4 Å². The Kier molecular flexibility index (Phi) is 6.59. The average molecular weight is 383 g/mol. The molecule has 1 fully saturated rings. The van der Waals surface area contributed by atoms with Gasteiger partial charge in [-0.05, 0) is 43.5 Å². The van der Waals surface area contributed by atoms with Crippen LogP contribution in [-0.2, 0) is 4.79 Å². The van der Waals surface area contributed by atoms with Crippen molar-refractivity contribution in [3.05, 3.63) is 28.2 Å². The molecular weight excluding hydrogens is 360 g/mol. The van der Waals surface area contributed by atoms with Gasteiger partial charge in [-0.1, -0.05) is 22.4 Å². The minimum absolute atomic E-state index is 0.0855. The number of carbonyl (C=O) groups excluding carboxylic acids is 2. The van der Waals surface area contributed by atoms with Crippen molar-refractivity contribution in [2.45, 2.75) is 38.1 Å².